The molecule has 100 valence electrons. The summed E-state index contributed by atoms with van der Waals surface area (Å²) >= 11 is 5.23. The number of aromatic nitrogens is 4. The maximum atomic E-state index is 12.5. The van der Waals surface area contributed by atoms with Crippen LogP contribution >= 0.6 is 12.2 Å². The van der Waals surface area contributed by atoms with Gasteiger partial charge in [0.25, 0.3) is 5.56 Å². The quantitative estimate of drug-likeness (QED) is 0.877. The largest absolute Gasteiger partial charge is 0.312 e. The smallest absolute Gasteiger partial charge is 0.261 e. The Bertz CT molecular complexity index is 721. The van der Waals surface area contributed by atoms with Crippen molar-refractivity contribution in [3.8, 4) is 11.4 Å². The minimum absolute atomic E-state index is 0.0147. The first kappa shape index (κ1) is 12.3. The second-order valence-electron chi connectivity index (χ2n) is 5.18. The highest BCUT2D eigenvalue weighted by Gasteiger charge is 2.26. The normalized spacial score (nSPS) is 15.1. The first-order valence-corrected chi connectivity index (χ1v) is 6.89. The van der Waals surface area contributed by atoms with Gasteiger partial charge in [0.1, 0.15) is 0 Å². The lowest BCUT2D eigenvalue weighted by Gasteiger charge is -2.11. The summed E-state index contributed by atoms with van der Waals surface area (Å²) in [4.78, 5) is 12.5. The summed E-state index contributed by atoms with van der Waals surface area (Å²) in [7, 11) is 0. The third-order valence-electron chi connectivity index (χ3n) is 3.38. The molecule has 0 aromatic carbocycles. The monoisotopic (exact) mass is 276 g/mol. The molecule has 1 saturated carbocycles. The summed E-state index contributed by atoms with van der Waals surface area (Å²) in [6, 6.07) is 4.24. The van der Waals surface area contributed by atoms with Gasteiger partial charge in [-0.1, -0.05) is 0 Å². The van der Waals surface area contributed by atoms with Crippen LogP contribution in [-0.2, 0) is 0 Å². The Morgan fingerprint density at radius 1 is 1.47 bits per heavy atom. The van der Waals surface area contributed by atoms with Crippen LogP contribution in [0.15, 0.2) is 23.1 Å². The van der Waals surface area contributed by atoms with Crippen LogP contribution < -0.4 is 5.56 Å². The van der Waals surface area contributed by atoms with E-state index in [1.807, 2.05) is 36.7 Å². The number of pyridine rings is 1. The van der Waals surface area contributed by atoms with Gasteiger partial charge in [-0.2, -0.15) is 5.10 Å². The second kappa shape index (κ2) is 4.45. The molecule has 1 N–H and O–H groups in total. The molecule has 0 amide bonds. The van der Waals surface area contributed by atoms with Crippen LogP contribution in [0.4, 0.5) is 0 Å². The van der Waals surface area contributed by atoms with Crippen LogP contribution in [0.25, 0.3) is 11.4 Å². The highest BCUT2D eigenvalue weighted by Crippen LogP contribution is 2.33. The van der Waals surface area contributed by atoms with Gasteiger partial charge in [0.05, 0.1) is 5.56 Å². The van der Waals surface area contributed by atoms with Crippen molar-refractivity contribution >= 4 is 12.2 Å². The van der Waals surface area contributed by atoms with Crippen LogP contribution in [0.5, 0.6) is 0 Å². The number of rotatable bonds is 3. The lowest BCUT2D eigenvalue weighted by Crippen LogP contribution is -2.21. The molecular formula is C13H16N4OS. The van der Waals surface area contributed by atoms with Gasteiger partial charge >= 0.3 is 0 Å². The summed E-state index contributed by atoms with van der Waals surface area (Å²) in [5, 5.41) is 7.00. The molecule has 0 saturated heterocycles. The highest BCUT2D eigenvalue weighted by atomic mass is 32.1. The number of nitrogens with zero attached hydrogens (tertiary/aromatic N) is 3. The van der Waals surface area contributed by atoms with E-state index in [1.54, 1.807) is 4.57 Å². The topological polar surface area (TPSA) is 55.6 Å². The van der Waals surface area contributed by atoms with Crippen molar-refractivity contribution in [1.29, 1.82) is 0 Å². The Labute approximate surface area is 115 Å². The Hall–Kier alpha value is -1.69. The third kappa shape index (κ3) is 2.06. The van der Waals surface area contributed by atoms with Crippen molar-refractivity contribution in [3.05, 3.63) is 33.5 Å². The fraction of sp³-hybridized carbons (Fsp3) is 0.462. The lowest BCUT2D eigenvalue weighted by molar-refractivity contribution is 0.595. The van der Waals surface area contributed by atoms with Crippen molar-refractivity contribution in [2.75, 3.05) is 0 Å². The van der Waals surface area contributed by atoms with E-state index in [9.17, 15) is 4.79 Å². The van der Waals surface area contributed by atoms with E-state index in [1.165, 1.54) is 0 Å². The molecule has 0 atom stereocenters. The molecule has 19 heavy (non-hydrogen) atoms. The minimum atomic E-state index is 0.0147. The molecule has 0 bridgehead atoms. The molecule has 0 unspecified atom stereocenters. The predicted molar refractivity (Wildman–Crippen MR) is 75.8 cm³/mol. The zero-order valence-electron chi connectivity index (χ0n) is 11.0. The summed E-state index contributed by atoms with van der Waals surface area (Å²) < 4.78 is 4.23. The molecule has 2 heterocycles. The summed E-state index contributed by atoms with van der Waals surface area (Å²) in [6.07, 6.45) is 4.02. The molecule has 3 rings (SSSR count). The van der Waals surface area contributed by atoms with E-state index in [0.29, 0.717) is 22.2 Å². The van der Waals surface area contributed by atoms with Crippen molar-refractivity contribution in [2.24, 2.45) is 0 Å². The fourth-order valence-electron chi connectivity index (χ4n) is 2.29. The van der Waals surface area contributed by atoms with Crippen molar-refractivity contribution in [1.82, 2.24) is 19.3 Å². The van der Waals surface area contributed by atoms with Crippen molar-refractivity contribution in [3.63, 3.8) is 0 Å². The molecule has 1 fully saturated rings. The average Bonchev–Trinajstić information content (AvgIpc) is 3.12. The Morgan fingerprint density at radius 2 is 2.21 bits per heavy atom. The zero-order chi connectivity index (χ0) is 13.6. The maximum absolute atomic E-state index is 12.5. The molecule has 1 aliphatic rings. The van der Waals surface area contributed by atoms with E-state index >= 15 is 0 Å². The van der Waals surface area contributed by atoms with Crippen LogP contribution in [0.3, 0.4) is 0 Å². The van der Waals surface area contributed by atoms with E-state index in [4.69, 9.17) is 12.2 Å². The Morgan fingerprint density at radius 3 is 2.84 bits per heavy atom. The Balaban J connectivity index is 2.20. The predicted octanol–water partition coefficient (Wildman–Crippen LogP) is 2.69. The molecule has 0 radical (unpaired) electrons. The van der Waals surface area contributed by atoms with Crippen LogP contribution in [0.1, 0.15) is 38.8 Å². The summed E-state index contributed by atoms with van der Waals surface area (Å²) in [5.74, 6) is 0.625. The van der Waals surface area contributed by atoms with E-state index in [-0.39, 0.29) is 11.6 Å². The van der Waals surface area contributed by atoms with Crippen LogP contribution in [0, 0.1) is 4.77 Å². The molecule has 1 aliphatic carbocycles. The molecule has 2 aromatic heterocycles. The van der Waals surface area contributed by atoms with Crippen molar-refractivity contribution < 1.29 is 0 Å². The van der Waals surface area contributed by atoms with Gasteiger partial charge in [-0.05, 0) is 51.0 Å². The first-order chi connectivity index (χ1) is 9.09. The number of H-pyrrole nitrogens is 1. The molecular weight excluding hydrogens is 260 g/mol. The van der Waals surface area contributed by atoms with Gasteiger partial charge in [-0.15, -0.1) is 0 Å². The summed E-state index contributed by atoms with van der Waals surface area (Å²) in [6.45, 7) is 4.05. The van der Waals surface area contributed by atoms with Gasteiger partial charge in [-0.3, -0.25) is 14.5 Å². The van der Waals surface area contributed by atoms with Crippen LogP contribution in [-0.4, -0.2) is 19.3 Å². The minimum Gasteiger partial charge on any atom is -0.312 e. The van der Waals surface area contributed by atoms with E-state index < -0.39 is 0 Å². The lowest BCUT2D eigenvalue weighted by atomic mass is 10.2. The van der Waals surface area contributed by atoms with E-state index in [2.05, 4.69) is 10.2 Å². The molecule has 0 aliphatic heterocycles. The molecule has 6 heteroatoms. The van der Waals surface area contributed by atoms with Crippen LogP contribution in [0.2, 0.25) is 0 Å². The second-order valence-corrected chi connectivity index (χ2v) is 5.57. The third-order valence-corrected chi connectivity index (χ3v) is 3.66. The number of nitrogens with one attached hydrogen (secondary N) is 1. The number of hydrogen-bond acceptors (Lipinski definition) is 3. The highest BCUT2D eigenvalue weighted by molar-refractivity contribution is 7.71. The summed E-state index contributed by atoms with van der Waals surface area (Å²) in [5.41, 5.74) is 0.622. The van der Waals surface area contributed by atoms with Gasteiger partial charge < -0.3 is 4.57 Å². The Kier molecular flexibility index (Phi) is 2.89. The fourth-order valence-corrected chi connectivity index (χ4v) is 2.64. The zero-order valence-corrected chi connectivity index (χ0v) is 11.8. The van der Waals surface area contributed by atoms with Gasteiger partial charge in [0.15, 0.2) is 10.6 Å². The SMILES string of the molecule is CC(C)n1c(-c2cccn(C3CC3)c2=O)n[nH]c1=S. The molecule has 2 aromatic rings. The molecule has 0 spiro atoms. The number of aromatic amines is 1. The van der Waals surface area contributed by atoms with Gasteiger partial charge in [0.2, 0.25) is 0 Å². The van der Waals surface area contributed by atoms with Gasteiger partial charge in [0, 0.05) is 18.3 Å². The molecule has 5 nitrogen and oxygen atoms in total. The van der Waals surface area contributed by atoms with E-state index in [0.717, 1.165) is 12.8 Å². The number of hydrogen-bond donors (Lipinski definition) is 1. The maximum Gasteiger partial charge on any atom is 0.261 e. The average molecular weight is 276 g/mol. The van der Waals surface area contributed by atoms with Crippen molar-refractivity contribution in [2.45, 2.75) is 38.8 Å². The van der Waals surface area contributed by atoms with Gasteiger partial charge in [-0.25, -0.2) is 0 Å². The standard InChI is InChI=1S/C13H16N4OS/c1-8(2)17-11(14-15-13(17)19)10-4-3-7-16(12(10)18)9-5-6-9/h3-4,7-9H,5-6H2,1-2H3,(H,15,19). The first-order valence-electron chi connectivity index (χ1n) is 6.48.